The second-order valence-corrected chi connectivity index (χ2v) is 6.83. The second-order valence-electron chi connectivity index (χ2n) is 6.83. The van der Waals surface area contributed by atoms with E-state index in [4.69, 9.17) is 4.74 Å². The zero-order valence-electron chi connectivity index (χ0n) is 13.5. The van der Waals surface area contributed by atoms with Gasteiger partial charge in [0.2, 0.25) is 0 Å². The van der Waals surface area contributed by atoms with Gasteiger partial charge in [-0.2, -0.15) is 0 Å². The molecule has 5 heteroatoms. The standard InChI is InChI=1S/C17H25FN2O2/c1-16(2,3)22-15(21)19-12-17(9-4-5-10-20-17)13-7-6-8-14(18)11-13/h6-8,11,20H,4-5,9-10,12H2,1-3H3,(H,19,21). The van der Waals surface area contributed by atoms with Gasteiger partial charge in [-0.1, -0.05) is 12.1 Å². The topological polar surface area (TPSA) is 50.4 Å². The largest absolute Gasteiger partial charge is 0.444 e. The third kappa shape index (κ3) is 4.44. The van der Waals surface area contributed by atoms with E-state index in [0.717, 1.165) is 31.4 Å². The fraction of sp³-hybridized carbons (Fsp3) is 0.588. The first-order chi connectivity index (χ1) is 10.3. The van der Waals surface area contributed by atoms with Crippen molar-refractivity contribution >= 4 is 6.09 Å². The van der Waals surface area contributed by atoms with E-state index in [1.807, 2.05) is 26.8 Å². The molecular weight excluding hydrogens is 283 g/mol. The van der Waals surface area contributed by atoms with E-state index in [1.54, 1.807) is 6.07 Å². The summed E-state index contributed by atoms with van der Waals surface area (Å²) in [6, 6.07) is 6.57. The first-order valence-corrected chi connectivity index (χ1v) is 7.79. The maximum Gasteiger partial charge on any atom is 0.407 e. The molecule has 0 spiro atoms. The quantitative estimate of drug-likeness (QED) is 0.900. The van der Waals surface area contributed by atoms with Gasteiger partial charge in [-0.15, -0.1) is 0 Å². The minimum atomic E-state index is -0.532. The van der Waals surface area contributed by atoms with Crippen LogP contribution in [0.5, 0.6) is 0 Å². The van der Waals surface area contributed by atoms with Crippen molar-refractivity contribution in [2.24, 2.45) is 0 Å². The van der Waals surface area contributed by atoms with Crippen molar-refractivity contribution in [1.29, 1.82) is 0 Å². The van der Waals surface area contributed by atoms with Crippen molar-refractivity contribution in [2.75, 3.05) is 13.1 Å². The molecular formula is C17H25FN2O2. The highest BCUT2D eigenvalue weighted by molar-refractivity contribution is 5.67. The number of amides is 1. The minimum Gasteiger partial charge on any atom is -0.444 e. The lowest BCUT2D eigenvalue weighted by Crippen LogP contribution is -2.53. The van der Waals surface area contributed by atoms with E-state index in [1.165, 1.54) is 12.1 Å². The molecule has 1 heterocycles. The lowest BCUT2D eigenvalue weighted by atomic mass is 9.82. The van der Waals surface area contributed by atoms with Gasteiger partial charge in [-0.25, -0.2) is 9.18 Å². The third-order valence-corrected chi connectivity index (χ3v) is 3.80. The predicted octanol–water partition coefficient (Wildman–Crippen LogP) is 3.32. The zero-order valence-corrected chi connectivity index (χ0v) is 13.5. The van der Waals surface area contributed by atoms with Crippen LogP contribution in [0.15, 0.2) is 24.3 Å². The van der Waals surface area contributed by atoms with Crippen LogP contribution in [-0.4, -0.2) is 24.8 Å². The number of carbonyl (C=O) groups is 1. The molecule has 1 amide bonds. The lowest BCUT2D eigenvalue weighted by Gasteiger charge is -2.39. The van der Waals surface area contributed by atoms with Gasteiger partial charge in [-0.3, -0.25) is 0 Å². The average Bonchev–Trinajstić information content (AvgIpc) is 2.44. The highest BCUT2D eigenvalue weighted by atomic mass is 19.1. The number of piperidine rings is 1. The monoisotopic (exact) mass is 308 g/mol. The summed E-state index contributed by atoms with van der Waals surface area (Å²) >= 11 is 0. The molecule has 1 unspecified atom stereocenters. The molecule has 0 aliphatic carbocycles. The van der Waals surface area contributed by atoms with Gasteiger partial charge in [-0.05, 0) is 64.3 Å². The summed E-state index contributed by atoms with van der Waals surface area (Å²) in [5.74, 6) is -0.262. The molecule has 0 saturated carbocycles. The number of alkyl carbamates (subject to hydrolysis) is 1. The Kier molecular flexibility index (Phi) is 5.06. The number of benzene rings is 1. The fourth-order valence-corrected chi connectivity index (χ4v) is 2.79. The van der Waals surface area contributed by atoms with E-state index < -0.39 is 17.2 Å². The fourth-order valence-electron chi connectivity index (χ4n) is 2.79. The second kappa shape index (κ2) is 6.65. The molecule has 1 aliphatic heterocycles. The Morgan fingerprint density at radius 2 is 2.18 bits per heavy atom. The molecule has 2 rings (SSSR count). The Morgan fingerprint density at radius 1 is 1.41 bits per heavy atom. The summed E-state index contributed by atoms with van der Waals surface area (Å²) in [5, 5.41) is 6.28. The van der Waals surface area contributed by atoms with E-state index in [-0.39, 0.29) is 5.82 Å². The highest BCUT2D eigenvalue weighted by Gasteiger charge is 2.34. The molecule has 0 bridgehead atoms. The maximum atomic E-state index is 13.6. The van der Waals surface area contributed by atoms with Crippen LogP contribution in [0.1, 0.15) is 45.6 Å². The van der Waals surface area contributed by atoms with Gasteiger partial charge in [0.25, 0.3) is 0 Å². The van der Waals surface area contributed by atoms with Crippen LogP contribution in [-0.2, 0) is 10.3 Å². The van der Waals surface area contributed by atoms with Crippen LogP contribution < -0.4 is 10.6 Å². The van der Waals surface area contributed by atoms with E-state index >= 15 is 0 Å². The molecule has 1 aromatic carbocycles. The summed E-state index contributed by atoms with van der Waals surface area (Å²) in [5.41, 5.74) is -0.101. The van der Waals surface area contributed by atoms with Crippen LogP contribution in [0.4, 0.5) is 9.18 Å². The number of rotatable bonds is 3. The molecule has 0 radical (unpaired) electrons. The third-order valence-electron chi connectivity index (χ3n) is 3.80. The Hall–Kier alpha value is -1.62. The first kappa shape index (κ1) is 16.7. The normalized spacial score (nSPS) is 22.2. The van der Waals surface area contributed by atoms with Crippen LogP contribution >= 0.6 is 0 Å². The van der Waals surface area contributed by atoms with E-state index in [2.05, 4.69) is 10.6 Å². The number of hydrogen-bond donors (Lipinski definition) is 2. The average molecular weight is 308 g/mol. The van der Waals surface area contributed by atoms with Crippen molar-refractivity contribution in [3.8, 4) is 0 Å². The van der Waals surface area contributed by atoms with Crippen LogP contribution in [0, 0.1) is 5.82 Å². The van der Waals surface area contributed by atoms with Gasteiger partial charge < -0.3 is 15.4 Å². The zero-order chi connectivity index (χ0) is 16.2. The van der Waals surface area contributed by atoms with Crippen LogP contribution in [0.3, 0.4) is 0 Å². The SMILES string of the molecule is CC(C)(C)OC(=O)NCC1(c2cccc(F)c2)CCCCN1. The molecule has 22 heavy (non-hydrogen) atoms. The first-order valence-electron chi connectivity index (χ1n) is 7.79. The van der Waals surface area contributed by atoms with Crippen LogP contribution in [0.25, 0.3) is 0 Å². The molecule has 1 aromatic rings. The lowest BCUT2D eigenvalue weighted by molar-refractivity contribution is 0.0502. The van der Waals surface area contributed by atoms with Gasteiger partial charge >= 0.3 is 6.09 Å². The van der Waals surface area contributed by atoms with Crippen molar-refractivity contribution in [3.63, 3.8) is 0 Å². The van der Waals surface area contributed by atoms with Gasteiger partial charge in [0, 0.05) is 6.54 Å². The highest BCUT2D eigenvalue weighted by Crippen LogP contribution is 2.30. The van der Waals surface area contributed by atoms with Gasteiger partial charge in [0.1, 0.15) is 11.4 Å². The smallest absolute Gasteiger partial charge is 0.407 e. The van der Waals surface area contributed by atoms with Gasteiger partial charge in [0.05, 0.1) is 5.54 Å². The van der Waals surface area contributed by atoms with Crippen molar-refractivity contribution in [3.05, 3.63) is 35.6 Å². The summed E-state index contributed by atoms with van der Waals surface area (Å²) in [6.07, 6.45) is 2.53. The number of halogens is 1. The summed E-state index contributed by atoms with van der Waals surface area (Å²) in [7, 11) is 0. The Labute approximate surface area is 131 Å². The van der Waals surface area contributed by atoms with Crippen LogP contribution in [0.2, 0.25) is 0 Å². The predicted molar refractivity (Wildman–Crippen MR) is 84.2 cm³/mol. The molecule has 1 saturated heterocycles. The molecule has 122 valence electrons. The summed E-state index contributed by atoms with van der Waals surface area (Å²) in [4.78, 5) is 11.9. The summed E-state index contributed by atoms with van der Waals surface area (Å²) in [6.45, 7) is 6.72. The van der Waals surface area contributed by atoms with Gasteiger partial charge in [0.15, 0.2) is 0 Å². The van der Waals surface area contributed by atoms with E-state index in [9.17, 15) is 9.18 Å². The molecule has 1 atom stereocenters. The number of hydrogen-bond acceptors (Lipinski definition) is 3. The number of carbonyl (C=O) groups excluding carboxylic acids is 1. The maximum absolute atomic E-state index is 13.6. The molecule has 4 nitrogen and oxygen atoms in total. The molecule has 0 aromatic heterocycles. The summed E-state index contributed by atoms with van der Waals surface area (Å²) < 4.78 is 18.9. The Bertz CT molecular complexity index is 520. The molecule has 1 fully saturated rings. The van der Waals surface area contributed by atoms with Crippen molar-refractivity contribution < 1.29 is 13.9 Å². The van der Waals surface area contributed by atoms with E-state index in [0.29, 0.717) is 6.54 Å². The van der Waals surface area contributed by atoms with Crippen molar-refractivity contribution in [2.45, 2.75) is 51.2 Å². The van der Waals surface area contributed by atoms with Crippen molar-refractivity contribution in [1.82, 2.24) is 10.6 Å². The molecule has 2 N–H and O–H groups in total. The Balaban J connectivity index is 2.11. The Morgan fingerprint density at radius 3 is 2.77 bits per heavy atom. The number of nitrogens with one attached hydrogen (secondary N) is 2. The minimum absolute atomic E-state index is 0.262. The molecule has 1 aliphatic rings. The number of ether oxygens (including phenoxy) is 1.